The predicted molar refractivity (Wildman–Crippen MR) is 47.0 cm³/mol. The maximum Gasteiger partial charge on any atom is 0.397 e. The number of ether oxygens (including phenoxy) is 1. The zero-order valence-corrected chi connectivity index (χ0v) is 8.89. The summed E-state index contributed by atoms with van der Waals surface area (Å²) in [4.78, 5) is 10.5. The van der Waals surface area contributed by atoms with E-state index in [0.29, 0.717) is 0 Å². The molecule has 0 saturated carbocycles. The third-order valence-corrected chi connectivity index (χ3v) is 2.51. The average Bonchev–Trinajstić information content (AvgIpc) is 2.16. The Hall–Kier alpha value is -0.820. The van der Waals surface area contributed by atoms with Gasteiger partial charge in [-0.2, -0.15) is 8.42 Å². The second-order valence-electron chi connectivity index (χ2n) is 3.26. The lowest BCUT2D eigenvalue weighted by atomic mass is 9.99. The van der Waals surface area contributed by atoms with Gasteiger partial charge in [0.25, 0.3) is 0 Å². The summed E-state index contributed by atoms with van der Waals surface area (Å²) in [6.07, 6.45) is -10.2. The van der Waals surface area contributed by atoms with E-state index in [1.807, 2.05) is 0 Å². The molecule has 5 N–H and O–H groups in total. The molecule has 0 amide bonds. The van der Waals surface area contributed by atoms with Crippen LogP contribution in [0.3, 0.4) is 0 Å². The number of carboxylic acid groups (broad SMARTS) is 1. The molecule has 0 bridgehead atoms. The van der Waals surface area contributed by atoms with Crippen molar-refractivity contribution < 1.29 is 47.1 Å². The van der Waals surface area contributed by atoms with E-state index in [1.165, 1.54) is 0 Å². The molecular formula is C6H10O10S. The first-order chi connectivity index (χ1) is 7.63. The number of aliphatic hydroxyl groups is 3. The summed E-state index contributed by atoms with van der Waals surface area (Å²) in [5.41, 5.74) is 0. The molecule has 1 rings (SSSR count). The molecule has 0 unspecified atom stereocenters. The minimum atomic E-state index is -5.01. The van der Waals surface area contributed by atoms with Crippen molar-refractivity contribution in [3.63, 3.8) is 0 Å². The standard InChI is InChI=1S/C6H10O10S/c7-1-2(8)4(16-17(12,13)14)6(11)15-3(1)5(9)10/h1-4,6-8,11H,(H,9,10)(H,12,13,14)/t1-,2+,3-,4-,6+/m1/s1. The maximum absolute atomic E-state index is 10.5. The van der Waals surface area contributed by atoms with E-state index in [-0.39, 0.29) is 0 Å². The van der Waals surface area contributed by atoms with Crippen molar-refractivity contribution in [2.24, 2.45) is 0 Å². The van der Waals surface area contributed by atoms with Crippen LogP contribution in [0.1, 0.15) is 0 Å². The van der Waals surface area contributed by atoms with Crippen molar-refractivity contribution in [1.29, 1.82) is 0 Å². The molecule has 0 aliphatic carbocycles. The van der Waals surface area contributed by atoms with Crippen LogP contribution in [0.25, 0.3) is 0 Å². The van der Waals surface area contributed by atoms with Gasteiger partial charge < -0.3 is 25.2 Å². The number of rotatable bonds is 3. The molecule has 0 aromatic rings. The van der Waals surface area contributed by atoms with E-state index < -0.39 is 47.1 Å². The highest BCUT2D eigenvalue weighted by molar-refractivity contribution is 7.80. The summed E-state index contributed by atoms with van der Waals surface area (Å²) in [6, 6.07) is 0. The van der Waals surface area contributed by atoms with Crippen LogP contribution in [0, 0.1) is 0 Å². The molecule has 0 radical (unpaired) electrons. The van der Waals surface area contributed by atoms with Gasteiger partial charge in [-0.3, -0.25) is 4.55 Å². The van der Waals surface area contributed by atoms with Gasteiger partial charge in [0, 0.05) is 0 Å². The lowest BCUT2D eigenvalue weighted by Gasteiger charge is -2.37. The van der Waals surface area contributed by atoms with Gasteiger partial charge in [0.15, 0.2) is 18.5 Å². The summed E-state index contributed by atoms with van der Waals surface area (Å²) in [5.74, 6) is -1.67. The van der Waals surface area contributed by atoms with Crippen molar-refractivity contribution in [1.82, 2.24) is 0 Å². The number of aliphatic hydroxyl groups excluding tert-OH is 3. The summed E-state index contributed by atoms with van der Waals surface area (Å²) in [6.45, 7) is 0. The number of hydrogen-bond acceptors (Lipinski definition) is 8. The third kappa shape index (κ3) is 3.32. The van der Waals surface area contributed by atoms with Crippen molar-refractivity contribution in [3.05, 3.63) is 0 Å². The second-order valence-corrected chi connectivity index (χ2v) is 4.30. The van der Waals surface area contributed by atoms with Gasteiger partial charge in [-0.25, -0.2) is 8.98 Å². The van der Waals surface area contributed by atoms with E-state index in [9.17, 15) is 28.5 Å². The molecule has 11 heteroatoms. The van der Waals surface area contributed by atoms with Gasteiger partial charge in [0.05, 0.1) is 0 Å². The molecule has 0 spiro atoms. The van der Waals surface area contributed by atoms with Crippen molar-refractivity contribution in [2.45, 2.75) is 30.7 Å². The summed E-state index contributed by atoms with van der Waals surface area (Å²) < 4.78 is 37.3. The SMILES string of the molecule is O=C(O)[C@@H]1O[C@H](O)[C@H](OS(=O)(=O)O)[C@@H](O)[C@H]1O. The Morgan fingerprint density at radius 2 is 1.71 bits per heavy atom. The Morgan fingerprint density at radius 1 is 1.18 bits per heavy atom. The predicted octanol–water partition coefficient (Wildman–Crippen LogP) is -3.30. The van der Waals surface area contributed by atoms with E-state index in [1.54, 1.807) is 0 Å². The quantitative estimate of drug-likeness (QED) is 0.328. The molecule has 0 aromatic carbocycles. The van der Waals surface area contributed by atoms with Crippen LogP contribution in [-0.2, 0) is 24.1 Å². The van der Waals surface area contributed by atoms with Crippen LogP contribution in [0.4, 0.5) is 0 Å². The lowest BCUT2D eigenvalue weighted by Crippen LogP contribution is -2.60. The molecule has 100 valence electrons. The van der Waals surface area contributed by atoms with Gasteiger partial charge in [-0.05, 0) is 0 Å². The Morgan fingerprint density at radius 3 is 2.12 bits per heavy atom. The van der Waals surface area contributed by atoms with Crippen LogP contribution in [0.2, 0.25) is 0 Å². The summed E-state index contributed by atoms with van der Waals surface area (Å²) >= 11 is 0. The van der Waals surface area contributed by atoms with E-state index in [0.717, 1.165) is 0 Å². The van der Waals surface area contributed by atoms with Gasteiger partial charge in [0.2, 0.25) is 0 Å². The monoisotopic (exact) mass is 274 g/mol. The molecule has 1 aliphatic rings. The molecule has 17 heavy (non-hydrogen) atoms. The highest BCUT2D eigenvalue weighted by atomic mass is 32.3. The minimum Gasteiger partial charge on any atom is -0.479 e. The fraction of sp³-hybridized carbons (Fsp3) is 0.833. The van der Waals surface area contributed by atoms with Crippen molar-refractivity contribution in [2.75, 3.05) is 0 Å². The lowest BCUT2D eigenvalue weighted by molar-refractivity contribution is -0.274. The molecule has 10 nitrogen and oxygen atoms in total. The Kier molecular flexibility index (Phi) is 4.03. The molecule has 5 atom stereocenters. The number of hydrogen-bond donors (Lipinski definition) is 5. The van der Waals surface area contributed by atoms with E-state index in [2.05, 4.69) is 8.92 Å². The van der Waals surface area contributed by atoms with Gasteiger partial charge in [-0.1, -0.05) is 0 Å². The van der Waals surface area contributed by atoms with E-state index >= 15 is 0 Å². The maximum atomic E-state index is 10.5. The Labute approximate surface area is 95.0 Å². The number of carboxylic acids is 1. The molecular weight excluding hydrogens is 264 g/mol. The molecule has 1 fully saturated rings. The number of carbonyl (C=O) groups is 1. The second kappa shape index (κ2) is 4.81. The van der Waals surface area contributed by atoms with Crippen LogP contribution < -0.4 is 0 Å². The zero-order valence-electron chi connectivity index (χ0n) is 8.07. The van der Waals surface area contributed by atoms with Crippen molar-refractivity contribution in [3.8, 4) is 0 Å². The highest BCUT2D eigenvalue weighted by Gasteiger charge is 2.49. The third-order valence-electron chi connectivity index (χ3n) is 2.04. The normalized spacial score (nSPS) is 38.9. The number of aliphatic carboxylic acids is 1. The highest BCUT2D eigenvalue weighted by Crippen LogP contribution is 2.23. The van der Waals surface area contributed by atoms with Gasteiger partial charge in [0.1, 0.15) is 12.2 Å². The van der Waals surface area contributed by atoms with Crippen LogP contribution in [0.15, 0.2) is 0 Å². The van der Waals surface area contributed by atoms with Gasteiger partial charge in [-0.15, -0.1) is 0 Å². The van der Waals surface area contributed by atoms with Crippen LogP contribution >= 0.6 is 0 Å². The van der Waals surface area contributed by atoms with Crippen LogP contribution in [-0.4, -0.2) is 70.1 Å². The molecule has 1 saturated heterocycles. The largest absolute Gasteiger partial charge is 0.479 e. The molecule has 1 aliphatic heterocycles. The Bertz CT molecular complexity index is 390. The first-order valence-corrected chi connectivity index (χ1v) is 5.58. The molecule has 0 aromatic heterocycles. The smallest absolute Gasteiger partial charge is 0.397 e. The first kappa shape index (κ1) is 14.2. The van der Waals surface area contributed by atoms with Gasteiger partial charge >= 0.3 is 16.4 Å². The zero-order chi connectivity index (χ0) is 13.4. The van der Waals surface area contributed by atoms with E-state index in [4.69, 9.17) is 9.66 Å². The van der Waals surface area contributed by atoms with Crippen LogP contribution in [0.5, 0.6) is 0 Å². The average molecular weight is 274 g/mol. The fourth-order valence-corrected chi connectivity index (χ4v) is 1.79. The fourth-order valence-electron chi connectivity index (χ4n) is 1.30. The Balaban J connectivity index is 2.87. The molecule has 1 heterocycles. The minimum absolute atomic E-state index is 1.67. The van der Waals surface area contributed by atoms with Crippen molar-refractivity contribution >= 4 is 16.4 Å². The summed E-state index contributed by atoms with van der Waals surface area (Å²) in [7, 11) is -5.01. The first-order valence-electron chi connectivity index (χ1n) is 4.21. The topological polar surface area (TPSA) is 171 Å². The summed E-state index contributed by atoms with van der Waals surface area (Å²) in [5, 5.41) is 36.3.